The van der Waals surface area contributed by atoms with Crippen molar-refractivity contribution >= 4 is 28.9 Å². The van der Waals surface area contributed by atoms with Gasteiger partial charge < -0.3 is 19.5 Å². The van der Waals surface area contributed by atoms with E-state index in [1.807, 2.05) is 48.5 Å². The van der Waals surface area contributed by atoms with E-state index in [1.165, 1.54) is 5.69 Å². The van der Waals surface area contributed by atoms with Crippen LogP contribution in [0.5, 0.6) is 0 Å². The van der Waals surface area contributed by atoms with Crippen LogP contribution in [0.25, 0.3) is 11.3 Å². The van der Waals surface area contributed by atoms with E-state index in [4.69, 9.17) is 16.0 Å². The maximum Gasteiger partial charge on any atom is 0.224 e. The van der Waals surface area contributed by atoms with Gasteiger partial charge >= 0.3 is 0 Å². The number of nitrogens with one attached hydrogen (secondary N) is 1. The van der Waals surface area contributed by atoms with Crippen LogP contribution in [0.15, 0.2) is 65.1 Å². The van der Waals surface area contributed by atoms with Crippen LogP contribution in [0, 0.1) is 0 Å². The lowest BCUT2D eigenvalue weighted by molar-refractivity contribution is -0.116. The number of benzene rings is 2. The number of amides is 1. The molecule has 0 radical (unpaired) electrons. The molecule has 156 valence electrons. The molecule has 0 saturated carbocycles. The van der Waals surface area contributed by atoms with Crippen molar-refractivity contribution in [1.82, 2.24) is 4.90 Å². The Hall–Kier alpha value is -2.76. The van der Waals surface area contributed by atoms with Crippen molar-refractivity contribution in [3.05, 3.63) is 71.4 Å². The van der Waals surface area contributed by atoms with Crippen molar-refractivity contribution in [2.45, 2.75) is 12.8 Å². The molecular formula is C24H26ClN3O2. The first kappa shape index (κ1) is 20.5. The number of aryl methyl sites for hydroxylation is 1. The largest absolute Gasteiger partial charge is 0.461 e. The van der Waals surface area contributed by atoms with Crippen molar-refractivity contribution in [3.8, 4) is 11.3 Å². The van der Waals surface area contributed by atoms with E-state index in [0.29, 0.717) is 17.9 Å². The van der Waals surface area contributed by atoms with Gasteiger partial charge in [0, 0.05) is 56.0 Å². The Labute approximate surface area is 182 Å². The number of hydrogen-bond donors (Lipinski definition) is 1. The van der Waals surface area contributed by atoms with Gasteiger partial charge in [-0.1, -0.05) is 23.7 Å². The summed E-state index contributed by atoms with van der Waals surface area (Å²) in [6.45, 7) is 4.20. The summed E-state index contributed by atoms with van der Waals surface area (Å²) in [5.74, 6) is 1.46. The molecule has 6 heteroatoms. The van der Waals surface area contributed by atoms with Crippen LogP contribution in [-0.2, 0) is 11.2 Å². The highest BCUT2D eigenvalue weighted by molar-refractivity contribution is 6.33. The molecule has 30 heavy (non-hydrogen) atoms. The molecule has 1 amide bonds. The number of likely N-dealkylation sites (N-methyl/N-ethyl adjacent to an activating group) is 1. The maximum absolute atomic E-state index is 12.3. The molecule has 0 atom stereocenters. The van der Waals surface area contributed by atoms with Crippen molar-refractivity contribution in [2.24, 2.45) is 0 Å². The predicted molar refractivity (Wildman–Crippen MR) is 122 cm³/mol. The summed E-state index contributed by atoms with van der Waals surface area (Å²) in [5.41, 5.74) is 2.87. The Morgan fingerprint density at radius 1 is 1.00 bits per heavy atom. The van der Waals surface area contributed by atoms with E-state index in [9.17, 15) is 4.79 Å². The fourth-order valence-electron chi connectivity index (χ4n) is 3.60. The average molecular weight is 424 g/mol. The standard InChI is InChI=1S/C24H26ClN3O2/c1-27-14-16-28(17-15-27)19-8-6-18(7-9-19)26-24(29)13-11-20-10-12-23(30-20)21-4-2-3-5-22(21)25/h2-10,12H,11,13-17H2,1H3,(H,26,29). The van der Waals surface area contributed by atoms with Gasteiger partial charge in [-0.15, -0.1) is 0 Å². The molecule has 3 aromatic rings. The highest BCUT2D eigenvalue weighted by atomic mass is 35.5. The van der Waals surface area contributed by atoms with Gasteiger partial charge in [0.25, 0.3) is 0 Å². The lowest BCUT2D eigenvalue weighted by Gasteiger charge is -2.34. The SMILES string of the molecule is CN1CCN(c2ccc(NC(=O)CCc3ccc(-c4ccccc4Cl)o3)cc2)CC1. The van der Waals surface area contributed by atoms with E-state index in [0.717, 1.165) is 49.0 Å². The van der Waals surface area contributed by atoms with Crippen LogP contribution >= 0.6 is 11.6 Å². The number of piperazine rings is 1. The summed E-state index contributed by atoms with van der Waals surface area (Å²) in [4.78, 5) is 17.1. The number of carbonyl (C=O) groups is 1. The minimum atomic E-state index is -0.0296. The van der Waals surface area contributed by atoms with Crippen LogP contribution in [0.4, 0.5) is 11.4 Å². The predicted octanol–water partition coefficient (Wildman–Crippen LogP) is 4.92. The summed E-state index contributed by atoms with van der Waals surface area (Å²) >= 11 is 6.22. The van der Waals surface area contributed by atoms with E-state index in [-0.39, 0.29) is 5.91 Å². The van der Waals surface area contributed by atoms with E-state index in [2.05, 4.69) is 34.3 Å². The highest BCUT2D eigenvalue weighted by Crippen LogP contribution is 2.29. The molecule has 1 saturated heterocycles. The Morgan fingerprint density at radius 3 is 2.47 bits per heavy atom. The quantitative estimate of drug-likeness (QED) is 0.611. The minimum absolute atomic E-state index is 0.0296. The van der Waals surface area contributed by atoms with E-state index >= 15 is 0 Å². The Balaban J connectivity index is 1.28. The number of rotatable bonds is 6. The summed E-state index contributed by atoms with van der Waals surface area (Å²) in [6, 6.07) is 19.4. The second kappa shape index (κ2) is 9.37. The number of furan rings is 1. The zero-order valence-electron chi connectivity index (χ0n) is 17.1. The summed E-state index contributed by atoms with van der Waals surface area (Å²) < 4.78 is 5.87. The molecule has 0 unspecified atom stereocenters. The van der Waals surface area contributed by atoms with Gasteiger partial charge in [-0.25, -0.2) is 0 Å². The highest BCUT2D eigenvalue weighted by Gasteiger charge is 2.14. The first-order chi connectivity index (χ1) is 14.6. The molecule has 1 aliphatic heterocycles. The minimum Gasteiger partial charge on any atom is -0.461 e. The van der Waals surface area contributed by atoms with Crippen LogP contribution in [0.1, 0.15) is 12.2 Å². The van der Waals surface area contributed by atoms with Gasteiger partial charge in [0.05, 0.1) is 5.02 Å². The Morgan fingerprint density at radius 2 is 1.73 bits per heavy atom. The second-order valence-electron chi connectivity index (χ2n) is 7.63. The summed E-state index contributed by atoms with van der Waals surface area (Å²) in [7, 11) is 2.15. The third-order valence-electron chi connectivity index (χ3n) is 5.42. The van der Waals surface area contributed by atoms with Crippen molar-refractivity contribution < 1.29 is 9.21 Å². The molecule has 4 rings (SSSR count). The fourth-order valence-corrected chi connectivity index (χ4v) is 3.83. The number of anilines is 2. The van der Waals surface area contributed by atoms with Crippen molar-refractivity contribution in [3.63, 3.8) is 0 Å². The smallest absolute Gasteiger partial charge is 0.224 e. The summed E-state index contributed by atoms with van der Waals surface area (Å²) in [6.07, 6.45) is 0.894. The number of halogens is 1. The van der Waals surface area contributed by atoms with E-state index < -0.39 is 0 Å². The van der Waals surface area contributed by atoms with Gasteiger partial charge in [0.15, 0.2) is 0 Å². The molecule has 0 spiro atoms. The van der Waals surface area contributed by atoms with E-state index in [1.54, 1.807) is 0 Å². The van der Waals surface area contributed by atoms with Gasteiger partial charge in [-0.05, 0) is 55.6 Å². The first-order valence-electron chi connectivity index (χ1n) is 10.3. The molecule has 2 heterocycles. The van der Waals surface area contributed by atoms with Gasteiger partial charge in [-0.3, -0.25) is 4.79 Å². The molecular weight excluding hydrogens is 398 g/mol. The van der Waals surface area contributed by atoms with Crippen LogP contribution < -0.4 is 10.2 Å². The Kier molecular flexibility index (Phi) is 6.41. The van der Waals surface area contributed by atoms with Crippen LogP contribution in [-0.4, -0.2) is 44.0 Å². The molecule has 5 nitrogen and oxygen atoms in total. The average Bonchev–Trinajstić information content (AvgIpc) is 3.23. The third kappa shape index (κ3) is 5.04. The molecule has 1 N–H and O–H groups in total. The first-order valence-corrected chi connectivity index (χ1v) is 10.6. The molecule has 2 aromatic carbocycles. The summed E-state index contributed by atoms with van der Waals surface area (Å²) in [5, 5.41) is 3.62. The normalized spacial score (nSPS) is 14.7. The zero-order chi connectivity index (χ0) is 20.9. The fraction of sp³-hybridized carbons (Fsp3) is 0.292. The van der Waals surface area contributed by atoms with Crippen LogP contribution in [0.2, 0.25) is 5.02 Å². The number of hydrogen-bond acceptors (Lipinski definition) is 4. The maximum atomic E-state index is 12.3. The van der Waals surface area contributed by atoms with Crippen molar-refractivity contribution in [1.29, 1.82) is 0 Å². The number of nitrogens with zero attached hydrogens (tertiary/aromatic N) is 2. The topological polar surface area (TPSA) is 48.7 Å². The third-order valence-corrected chi connectivity index (χ3v) is 5.75. The Bertz CT molecular complexity index is 992. The second-order valence-corrected chi connectivity index (χ2v) is 8.04. The van der Waals surface area contributed by atoms with Gasteiger partial charge in [0.1, 0.15) is 11.5 Å². The molecule has 1 aliphatic rings. The molecule has 0 bridgehead atoms. The number of carbonyl (C=O) groups excluding carboxylic acids is 1. The molecule has 0 aliphatic carbocycles. The van der Waals surface area contributed by atoms with Crippen molar-refractivity contribution in [2.75, 3.05) is 43.4 Å². The molecule has 1 aromatic heterocycles. The lowest BCUT2D eigenvalue weighted by atomic mass is 10.2. The monoisotopic (exact) mass is 423 g/mol. The molecule has 1 fully saturated rings. The zero-order valence-corrected chi connectivity index (χ0v) is 17.9. The van der Waals surface area contributed by atoms with Gasteiger partial charge in [0.2, 0.25) is 5.91 Å². The van der Waals surface area contributed by atoms with Crippen LogP contribution in [0.3, 0.4) is 0 Å². The van der Waals surface area contributed by atoms with Gasteiger partial charge in [-0.2, -0.15) is 0 Å². The lowest BCUT2D eigenvalue weighted by Crippen LogP contribution is -2.44.